The number of amides is 1. The van der Waals surface area contributed by atoms with Gasteiger partial charge in [-0.3, -0.25) is 4.79 Å². The Morgan fingerprint density at radius 3 is 1.97 bits per heavy atom. The van der Waals surface area contributed by atoms with Crippen LogP contribution >= 0.6 is 11.6 Å². The van der Waals surface area contributed by atoms with Crippen LogP contribution in [0.2, 0.25) is 5.02 Å². The van der Waals surface area contributed by atoms with Crippen LogP contribution in [0.4, 0.5) is 39.0 Å². The lowest BCUT2D eigenvalue weighted by atomic mass is 10.0. The van der Waals surface area contributed by atoms with Crippen LogP contribution < -0.4 is 19.9 Å². The normalized spacial score (nSPS) is 13.7. The van der Waals surface area contributed by atoms with Crippen molar-refractivity contribution in [2.24, 2.45) is 0 Å². The fourth-order valence-electron chi connectivity index (χ4n) is 4.18. The molecule has 202 valence electrons. The van der Waals surface area contributed by atoms with E-state index in [2.05, 4.69) is 19.2 Å². The maximum absolute atomic E-state index is 14.2. The van der Waals surface area contributed by atoms with Gasteiger partial charge in [0.25, 0.3) is 5.91 Å². The molecule has 5 nitrogen and oxygen atoms in total. The van der Waals surface area contributed by atoms with Gasteiger partial charge in [0.15, 0.2) is 29.9 Å². The highest BCUT2D eigenvalue weighted by molar-refractivity contribution is 6.33. The van der Waals surface area contributed by atoms with Crippen molar-refractivity contribution in [3.05, 3.63) is 82.1 Å². The SMILES string of the molecule is CC(C)c1ccc(OCC(=O)Nc2ccc(N3CCN(c4c(F)c(F)c(F)c(F)c4F)CC3)c(Cl)c2)cc1. The van der Waals surface area contributed by atoms with Crippen LogP contribution in [-0.2, 0) is 4.79 Å². The van der Waals surface area contributed by atoms with E-state index in [0.29, 0.717) is 28.1 Å². The lowest BCUT2D eigenvalue weighted by molar-refractivity contribution is -0.118. The third-order valence-corrected chi connectivity index (χ3v) is 6.57. The molecule has 1 saturated heterocycles. The molecule has 3 aromatic rings. The van der Waals surface area contributed by atoms with Gasteiger partial charge < -0.3 is 19.9 Å². The monoisotopic (exact) mass is 553 g/mol. The van der Waals surface area contributed by atoms with E-state index in [1.54, 1.807) is 30.3 Å². The minimum absolute atomic E-state index is 0.00263. The van der Waals surface area contributed by atoms with Crippen molar-refractivity contribution in [1.29, 1.82) is 0 Å². The van der Waals surface area contributed by atoms with Gasteiger partial charge in [-0.15, -0.1) is 0 Å². The quantitative estimate of drug-likeness (QED) is 0.206. The molecule has 38 heavy (non-hydrogen) atoms. The summed E-state index contributed by atoms with van der Waals surface area (Å²) in [6.45, 7) is 4.41. The van der Waals surface area contributed by atoms with Gasteiger partial charge >= 0.3 is 0 Å². The van der Waals surface area contributed by atoms with E-state index in [4.69, 9.17) is 16.3 Å². The van der Waals surface area contributed by atoms with Crippen molar-refractivity contribution in [2.45, 2.75) is 19.8 Å². The zero-order valence-electron chi connectivity index (χ0n) is 20.6. The van der Waals surface area contributed by atoms with Gasteiger partial charge in [-0.25, -0.2) is 22.0 Å². The van der Waals surface area contributed by atoms with Crippen LogP contribution in [0, 0.1) is 29.1 Å². The zero-order chi connectivity index (χ0) is 27.6. The highest BCUT2D eigenvalue weighted by Crippen LogP contribution is 2.33. The molecule has 1 aliphatic rings. The van der Waals surface area contributed by atoms with Gasteiger partial charge in [-0.1, -0.05) is 37.6 Å². The molecule has 0 spiro atoms. The molecule has 0 bridgehead atoms. The van der Waals surface area contributed by atoms with E-state index in [9.17, 15) is 26.7 Å². The molecule has 3 aromatic carbocycles. The molecule has 1 amide bonds. The number of nitrogens with one attached hydrogen (secondary N) is 1. The number of rotatable bonds is 7. The van der Waals surface area contributed by atoms with Crippen LogP contribution in [0.25, 0.3) is 0 Å². The van der Waals surface area contributed by atoms with Gasteiger partial charge in [0, 0.05) is 31.9 Å². The molecule has 1 heterocycles. The first-order valence-electron chi connectivity index (χ1n) is 11.9. The van der Waals surface area contributed by atoms with Crippen LogP contribution in [0.1, 0.15) is 25.3 Å². The van der Waals surface area contributed by atoms with Gasteiger partial charge in [-0.2, -0.15) is 0 Å². The predicted molar refractivity (Wildman–Crippen MR) is 137 cm³/mol. The molecule has 0 aliphatic carbocycles. The maximum atomic E-state index is 14.2. The Morgan fingerprint density at radius 2 is 1.42 bits per heavy atom. The number of benzene rings is 3. The summed E-state index contributed by atoms with van der Waals surface area (Å²) in [4.78, 5) is 15.3. The molecule has 0 saturated carbocycles. The molecule has 1 fully saturated rings. The maximum Gasteiger partial charge on any atom is 0.262 e. The van der Waals surface area contributed by atoms with Crippen LogP contribution in [0.15, 0.2) is 42.5 Å². The molecule has 11 heteroatoms. The van der Waals surface area contributed by atoms with Gasteiger partial charge in [-0.05, 0) is 41.8 Å². The molecule has 0 unspecified atom stereocenters. The summed E-state index contributed by atoms with van der Waals surface area (Å²) in [5.74, 6) is -9.27. The van der Waals surface area contributed by atoms with E-state index in [-0.39, 0.29) is 38.7 Å². The van der Waals surface area contributed by atoms with Crippen molar-refractivity contribution in [3.63, 3.8) is 0 Å². The van der Waals surface area contributed by atoms with Gasteiger partial charge in [0.2, 0.25) is 5.82 Å². The Bertz CT molecular complexity index is 1300. The second-order valence-electron chi connectivity index (χ2n) is 9.12. The highest BCUT2D eigenvalue weighted by atomic mass is 35.5. The molecule has 0 aromatic heterocycles. The Labute approximate surface area is 221 Å². The number of carbonyl (C=O) groups excluding carboxylic acids is 1. The first-order valence-corrected chi connectivity index (χ1v) is 12.3. The molecule has 1 N–H and O–H groups in total. The van der Waals surface area contributed by atoms with Crippen LogP contribution in [0.5, 0.6) is 5.75 Å². The van der Waals surface area contributed by atoms with Crippen molar-refractivity contribution in [2.75, 3.05) is 47.9 Å². The minimum atomic E-state index is -2.19. The smallest absolute Gasteiger partial charge is 0.262 e. The largest absolute Gasteiger partial charge is 0.484 e. The van der Waals surface area contributed by atoms with Crippen LogP contribution in [0.3, 0.4) is 0 Å². The second kappa shape index (κ2) is 11.5. The van der Waals surface area contributed by atoms with Gasteiger partial charge in [0.1, 0.15) is 11.4 Å². The van der Waals surface area contributed by atoms with Crippen molar-refractivity contribution >= 4 is 34.6 Å². The third-order valence-electron chi connectivity index (χ3n) is 6.27. The summed E-state index contributed by atoms with van der Waals surface area (Å²) in [5, 5.41) is 3.03. The lowest BCUT2D eigenvalue weighted by Crippen LogP contribution is -2.47. The Kier molecular flexibility index (Phi) is 8.30. The van der Waals surface area contributed by atoms with Crippen molar-refractivity contribution in [3.8, 4) is 5.75 Å². The molecule has 1 aliphatic heterocycles. The standard InChI is InChI=1S/C27H25ClF5N3O2/c1-15(2)16-3-6-18(7-4-16)38-14-21(37)34-17-5-8-20(19(28)13-17)35-9-11-36(12-10-35)27-25(32)23(30)22(29)24(31)26(27)33/h3-8,13,15H,9-12,14H2,1-2H3,(H,34,37). The fourth-order valence-corrected chi connectivity index (χ4v) is 4.48. The minimum Gasteiger partial charge on any atom is -0.484 e. The summed E-state index contributed by atoms with van der Waals surface area (Å²) in [7, 11) is 0. The van der Waals surface area contributed by atoms with E-state index >= 15 is 0 Å². The average molecular weight is 554 g/mol. The number of ether oxygens (including phenoxy) is 1. The number of carbonyl (C=O) groups is 1. The molecule has 0 radical (unpaired) electrons. The second-order valence-corrected chi connectivity index (χ2v) is 9.53. The number of nitrogens with zero attached hydrogens (tertiary/aromatic N) is 2. The van der Waals surface area contributed by atoms with E-state index < -0.39 is 34.8 Å². The summed E-state index contributed by atoms with van der Waals surface area (Å²) in [6.07, 6.45) is 0. The summed E-state index contributed by atoms with van der Waals surface area (Å²) < 4.78 is 74.4. The van der Waals surface area contributed by atoms with E-state index in [0.717, 1.165) is 10.5 Å². The number of anilines is 3. The number of halogens is 6. The van der Waals surface area contributed by atoms with Crippen molar-refractivity contribution in [1.82, 2.24) is 0 Å². The fraction of sp³-hybridized carbons (Fsp3) is 0.296. The Balaban J connectivity index is 1.34. The number of hydrogen-bond donors (Lipinski definition) is 1. The molecule has 4 rings (SSSR count). The molecule has 0 atom stereocenters. The van der Waals surface area contributed by atoms with Crippen LogP contribution in [-0.4, -0.2) is 38.7 Å². The zero-order valence-corrected chi connectivity index (χ0v) is 21.4. The van der Waals surface area contributed by atoms with Crippen molar-refractivity contribution < 1.29 is 31.5 Å². The van der Waals surface area contributed by atoms with E-state index in [1.165, 1.54) is 0 Å². The first-order chi connectivity index (χ1) is 18.1. The number of piperazine rings is 1. The molecular weight excluding hydrogens is 529 g/mol. The highest BCUT2D eigenvalue weighted by Gasteiger charge is 2.31. The topological polar surface area (TPSA) is 44.8 Å². The summed E-state index contributed by atoms with van der Waals surface area (Å²) in [6, 6.07) is 12.4. The average Bonchev–Trinajstić information content (AvgIpc) is 2.90. The summed E-state index contributed by atoms with van der Waals surface area (Å²) in [5.41, 5.74) is 1.27. The Hall–Kier alpha value is -3.53. The Morgan fingerprint density at radius 1 is 0.868 bits per heavy atom. The predicted octanol–water partition coefficient (Wildman–Crippen LogP) is 6.50. The summed E-state index contributed by atoms with van der Waals surface area (Å²) >= 11 is 6.42. The first kappa shape index (κ1) is 27.5. The molecular formula is C27H25ClF5N3O2. The van der Waals surface area contributed by atoms with Gasteiger partial charge in [0.05, 0.1) is 10.7 Å². The third kappa shape index (κ3) is 5.80. The number of hydrogen-bond acceptors (Lipinski definition) is 4. The lowest BCUT2D eigenvalue weighted by Gasteiger charge is -2.38. The van der Waals surface area contributed by atoms with E-state index in [1.807, 2.05) is 17.0 Å².